The molecule has 0 bridgehead atoms. The average Bonchev–Trinajstić information content (AvgIpc) is 2.50. The lowest BCUT2D eigenvalue weighted by Crippen LogP contribution is -2.28. The van der Waals surface area contributed by atoms with Gasteiger partial charge in [-0.1, -0.05) is 30.3 Å². The molecule has 2 aromatic rings. The lowest BCUT2D eigenvalue weighted by Gasteiger charge is -2.19. The molecule has 4 nitrogen and oxygen atoms in total. The van der Waals surface area contributed by atoms with Crippen molar-refractivity contribution in [3.63, 3.8) is 0 Å². The van der Waals surface area contributed by atoms with Gasteiger partial charge >= 0.3 is 0 Å². The van der Waals surface area contributed by atoms with Crippen molar-refractivity contribution in [3.05, 3.63) is 42.0 Å². The van der Waals surface area contributed by atoms with Gasteiger partial charge in [-0.2, -0.15) is 0 Å². The Morgan fingerprint density at radius 2 is 1.95 bits per heavy atom. The predicted molar refractivity (Wildman–Crippen MR) is 83.7 cm³/mol. The Morgan fingerprint density at radius 3 is 2.71 bits per heavy atom. The summed E-state index contributed by atoms with van der Waals surface area (Å²) in [6.07, 6.45) is 1.79. The summed E-state index contributed by atoms with van der Waals surface area (Å²) in [4.78, 5) is 14.2. The van der Waals surface area contributed by atoms with Crippen molar-refractivity contribution in [3.8, 4) is 5.75 Å². The molecule has 1 N–H and O–H groups in total. The van der Waals surface area contributed by atoms with Crippen molar-refractivity contribution in [1.82, 2.24) is 4.90 Å². The van der Waals surface area contributed by atoms with Crippen LogP contribution in [0.5, 0.6) is 5.75 Å². The summed E-state index contributed by atoms with van der Waals surface area (Å²) in [7, 11) is 3.43. The first-order valence-corrected chi connectivity index (χ1v) is 7.10. The van der Waals surface area contributed by atoms with Crippen LogP contribution in [-0.2, 0) is 4.74 Å². The van der Waals surface area contributed by atoms with Gasteiger partial charge in [-0.25, -0.2) is 0 Å². The van der Waals surface area contributed by atoms with E-state index >= 15 is 0 Å². The number of benzene rings is 2. The third kappa shape index (κ3) is 3.52. The number of aromatic hydroxyl groups is 1. The highest BCUT2D eigenvalue weighted by Crippen LogP contribution is 2.28. The molecule has 0 atom stereocenters. The van der Waals surface area contributed by atoms with Gasteiger partial charge in [0, 0.05) is 27.3 Å². The first-order chi connectivity index (χ1) is 10.1. The van der Waals surface area contributed by atoms with Crippen LogP contribution in [0.4, 0.5) is 0 Å². The molecule has 0 heterocycles. The van der Waals surface area contributed by atoms with E-state index in [4.69, 9.17) is 4.74 Å². The number of nitrogens with zero attached hydrogens (tertiary/aromatic N) is 1. The molecule has 0 aliphatic carbocycles. The molecule has 0 radical (unpaired) electrons. The number of ether oxygens (including phenoxy) is 1. The zero-order valence-electron chi connectivity index (χ0n) is 12.5. The summed E-state index contributed by atoms with van der Waals surface area (Å²) in [5.74, 6) is -0.121. The number of carbonyl (C=O) groups is 1. The molecule has 0 spiro atoms. The Labute approximate surface area is 124 Å². The SMILES string of the molecule is COCCCCN(C)C(=O)c1c(O)ccc2ccccc12. The first-order valence-electron chi connectivity index (χ1n) is 7.10. The zero-order valence-corrected chi connectivity index (χ0v) is 12.5. The molecule has 0 aromatic heterocycles. The standard InChI is InChI=1S/C17H21NO3/c1-18(11-5-6-12-21-2)17(20)16-14-8-4-3-7-13(14)9-10-15(16)19/h3-4,7-10,19H,5-6,11-12H2,1-2H3. The van der Waals surface area contributed by atoms with Gasteiger partial charge in [0.05, 0.1) is 5.56 Å². The van der Waals surface area contributed by atoms with Crippen LogP contribution in [0.3, 0.4) is 0 Å². The van der Waals surface area contributed by atoms with E-state index in [0.717, 1.165) is 23.6 Å². The van der Waals surface area contributed by atoms with Crippen LogP contribution in [0, 0.1) is 0 Å². The summed E-state index contributed by atoms with van der Waals surface area (Å²) in [5, 5.41) is 11.8. The van der Waals surface area contributed by atoms with Gasteiger partial charge in [-0.3, -0.25) is 4.79 Å². The minimum Gasteiger partial charge on any atom is -0.507 e. The van der Waals surface area contributed by atoms with E-state index in [0.29, 0.717) is 18.7 Å². The molecule has 0 saturated heterocycles. The summed E-state index contributed by atoms with van der Waals surface area (Å²) < 4.78 is 5.00. The summed E-state index contributed by atoms with van der Waals surface area (Å²) >= 11 is 0. The second-order valence-corrected chi connectivity index (χ2v) is 5.11. The number of phenolic OH excluding ortho intramolecular Hbond substituents is 1. The molecule has 0 fully saturated rings. The lowest BCUT2D eigenvalue weighted by atomic mass is 10.0. The summed E-state index contributed by atoms with van der Waals surface area (Å²) in [6, 6.07) is 11.0. The Balaban J connectivity index is 2.20. The number of amides is 1. The fourth-order valence-electron chi connectivity index (χ4n) is 2.37. The van der Waals surface area contributed by atoms with Gasteiger partial charge in [0.1, 0.15) is 5.75 Å². The van der Waals surface area contributed by atoms with Crippen molar-refractivity contribution in [2.45, 2.75) is 12.8 Å². The van der Waals surface area contributed by atoms with Crippen molar-refractivity contribution >= 4 is 16.7 Å². The van der Waals surface area contributed by atoms with Gasteiger partial charge in [-0.05, 0) is 29.7 Å². The van der Waals surface area contributed by atoms with Crippen LogP contribution in [0.15, 0.2) is 36.4 Å². The minimum atomic E-state index is -0.151. The number of carbonyl (C=O) groups excluding carboxylic acids is 1. The van der Waals surface area contributed by atoms with E-state index in [2.05, 4.69) is 0 Å². The van der Waals surface area contributed by atoms with Gasteiger partial charge in [0.15, 0.2) is 0 Å². The van der Waals surface area contributed by atoms with Crippen molar-refractivity contribution in [2.75, 3.05) is 27.3 Å². The highest BCUT2D eigenvalue weighted by atomic mass is 16.5. The van der Waals surface area contributed by atoms with Crippen molar-refractivity contribution < 1.29 is 14.6 Å². The van der Waals surface area contributed by atoms with Gasteiger partial charge in [-0.15, -0.1) is 0 Å². The van der Waals surface area contributed by atoms with E-state index in [1.54, 1.807) is 25.1 Å². The fraction of sp³-hybridized carbons (Fsp3) is 0.353. The minimum absolute atomic E-state index is 0.0300. The van der Waals surface area contributed by atoms with Crippen LogP contribution in [0.1, 0.15) is 23.2 Å². The average molecular weight is 287 g/mol. The molecule has 0 unspecified atom stereocenters. The number of hydrogen-bond acceptors (Lipinski definition) is 3. The molecule has 21 heavy (non-hydrogen) atoms. The quantitative estimate of drug-likeness (QED) is 0.831. The normalized spacial score (nSPS) is 10.8. The van der Waals surface area contributed by atoms with Crippen LogP contribution < -0.4 is 0 Å². The van der Waals surface area contributed by atoms with Crippen LogP contribution >= 0.6 is 0 Å². The highest BCUT2D eigenvalue weighted by molar-refractivity contribution is 6.09. The van der Waals surface area contributed by atoms with E-state index in [1.807, 2.05) is 30.3 Å². The first kappa shape index (κ1) is 15.3. The third-order valence-corrected chi connectivity index (χ3v) is 3.56. The third-order valence-electron chi connectivity index (χ3n) is 3.56. The topological polar surface area (TPSA) is 49.8 Å². The molecule has 4 heteroatoms. The molecular formula is C17H21NO3. The van der Waals surface area contributed by atoms with Gasteiger partial charge in [0.2, 0.25) is 0 Å². The Hall–Kier alpha value is -2.07. The largest absolute Gasteiger partial charge is 0.507 e. The zero-order chi connectivity index (χ0) is 15.2. The Kier molecular flexibility index (Phi) is 5.17. The number of hydrogen-bond donors (Lipinski definition) is 1. The maximum absolute atomic E-state index is 12.6. The molecule has 2 aromatic carbocycles. The van der Waals surface area contributed by atoms with Gasteiger partial charge < -0.3 is 14.7 Å². The molecule has 112 valence electrons. The number of fused-ring (bicyclic) bond motifs is 1. The fourth-order valence-corrected chi connectivity index (χ4v) is 2.37. The molecule has 0 aliphatic heterocycles. The second-order valence-electron chi connectivity index (χ2n) is 5.11. The maximum atomic E-state index is 12.6. The van der Waals surface area contributed by atoms with Crippen LogP contribution in [-0.4, -0.2) is 43.2 Å². The Morgan fingerprint density at radius 1 is 1.19 bits per heavy atom. The van der Waals surface area contributed by atoms with Crippen LogP contribution in [0.25, 0.3) is 10.8 Å². The smallest absolute Gasteiger partial charge is 0.257 e. The highest BCUT2D eigenvalue weighted by Gasteiger charge is 2.18. The van der Waals surface area contributed by atoms with E-state index in [-0.39, 0.29) is 11.7 Å². The van der Waals surface area contributed by atoms with Gasteiger partial charge in [0.25, 0.3) is 5.91 Å². The maximum Gasteiger partial charge on any atom is 0.257 e. The summed E-state index contributed by atoms with van der Waals surface area (Å²) in [6.45, 7) is 1.34. The van der Waals surface area contributed by atoms with Crippen molar-refractivity contribution in [2.24, 2.45) is 0 Å². The van der Waals surface area contributed by atoms with Crippen LogP contribution in [0.2, 0.25) is 0 Å². The van der Waals surface area contributed by atoms with E-state index in [1.165, 1.54) is 0 Å². The molecular weight excluding hydrogens is 266 g/mol. The lowest BCUT2D eigenvalue weighted by molar-refractivity contribution is 0.0787. The predicted octanol–water partition coefficient (Wildman–Crippen LogP) is 3.04. The molecule has 0 aliphatic rings. The van der Waals surface area contributed by atoms with E-state index in [9.17, 15) is 9.90 Å². The number of methoxy groups -OCH3 is 1. The monoisotopic (exact) mass is 287 g/mol. The second kappa shape index (κ2) is 7.09. The Bertz CT molecular complexity index is 624. The van der Waals surface area contributed by atoms with Crippen molar-refractivity contribution in [1.29, 1.82) is 0 Å². The summed E-state index contributed by atoms with van der Waals surface area (Å²) in [5.41, 5.74) is 0.377. The molecule has 0 saturated carbocycles. The molecule has 2 rings (SSSR count). The molecule has 1 amide bonds. The van der Waals surface area contributed by atoms with E-state index < -0.39 is 0 Å². The number of unbranched alkanes of at least 4 members (excludes halogenated alkanes) is 1. The number of rotatable bonds is 6. The number of phenols is 1.